The van der Waals surface area contributed by atoms with E-state index in [1.807, 2.05) is 60.0 Å². The van der Waals surface area contributed by atoms with E-state index in [4.69, 9.17) is 4.98 Å². The summed E-state index contributed by atoms with van der Waals surface area (Å²) in [5.74, 6) is 0.263. The number of anilines is 1. The average Bonchev–Trinajstić information content (AvgIpc) is 3.37. The lowest BCUT2D eigenvalue weighted by Crippen LogP contribution is -2.34. The van der Waals surface area contributed by atoms with Gasteiger partial charge in [0.2, 0.25) is 5.91 Å². The van der Waals surface area contributed by atoms with E-state index in [1.54, 1.807) is 13.0 Å². The maximum atomic E-state index is 13.2. The Labute approximate surface area is 179 Å². The Hall–Kier alpha value is -3.74. The number of imidazole rings is 1. The molecule has 1 atom stereocenters. The zero-order chi connectivity index (χ0) is 21.5. The summed E-state index contributed by atoms with van der Waals surface area (Å²) in [5.41, 5.74) is 5.07. The van der Waals surface area contributed by atoms with Gasteiger partial charge in [0.15, 0.2) is 0 Å². The molecule has 0 fully saturated rings. The fourth-order valence-electron chi connectivity index (χ4n) is 4.09. The Balaban J connectivity index is 1.54. The maximum absolute atomic E-state index is 13.2. The van der Waals surface area contributed by atoms with Gasteiger partial charge >= 0.3 is 0 Å². The van der Waals surface area contributed by atoms with Crippen LogP contribution in [0.3, 0.4) is 0 Å². The van der Waals surface area contributed by atoms with Crippen LogP contribution in [0.5, 0.6) is 0 Å². The Morgan fingerprint density at radius 3 is 2.74 bits per heavy atom. The Kier molecular flexibility index (Phi) is 4.66. The predicted octanol–water partition coefficient (Wildman–Crippen LogP) is 3.55. The molecule has 0 spiro atoms. The number of aromatic nitrogens is 4. The van der Waals surface area contributed by atoms with E-state index < -0.39 is 6.04 Å². The van der Waals surface area contributed by atoms with Crippen LogP contribution in [0.2, 0.25) is 0 Å². The number of nitrogens with one attached hydrogen (secondary N) is 1. The molecule has 156 valence electrons. The molecule has 4 aromatic rings. The van der Waals surface area contributed by atoms with Crippen LogP contribution in [-0.2, 0) is 17.6 Å². The van der Waals surface area contributed by atoms with E-state index in [-0.39, 0.29) is 11.5 Å². The van der Waals surface area contributed by atoms with Gasteiger partial charge in [0, 0.05) is 17.8 Å². The molecule has 0 saturated carbocycles. The summed E-state index contributed by atoms with van der Waals surface area (Å²) in [7, 11) is 0. The Bertz CT molecular complexity index is 1350. The van der Waals surface area contributed by atoms with Crippen molar-refractivity contribution in [3.05, 3.63) is 81.9 Å². The number of hydrogen-bond donors (Lipinski definition) is 1. The average molecular weight is 413 g/mol. The number of hydrogen-bond acceptors (Lipinski definition) is 4. The highest BCUT2D eigenvalue weighted by atomic mass is 16.2. The van der Waals surface area contributed by atoms with Crippen LogP contribution < -0.4 is 10.9 Å². The molecule has 7 nitrogen and oxygen atoms in total. The summed E-state index contributed by atoms with van der Waals surface area (Å²) in [6.07, 6.45) is 4.60. The molecule has 7 heteroatoms. The summed E-state index contributed by atoms with van der Waals surface area (Å²) in [6.45, 7) is 3.70. The molecule has 1 unspecified atom stereocenters. The SMILES string of the molecule is Cc1ccn2c(NC(=O)C(C)n3nc4c(cc3=O)CCC4)c(-c3ccccc3)nc2c1. The third-order valence-corrected chi connectivity index (χ3v) is 5.80. The molecule has 1 aliphatic rings. The van der Waals surface area contributed by atoms with E-state index in [0.717, 1.165) is 47.3 Å². The number of nitrogens with zero attached hydrogens (tertiary/aromatic N) is 4. The summed E-state index contributed by atoms with van der Waals surface area (Å²) < 4.78 is 3.15. The van der Waals surface area contributed by atoms with E-state index in [9.17, 15) is 9.59 Å². The maximum Gasteiger partial charge on any atom is 0.267 e. The number of pyridine rings is 1. The van der Waals surface area contributed by atoms with Crippen LogP contribution in [0.1, 0.15) is 36.2 Å². The minimum Gasteiger partial charge on any atom is -0.308 e. The number of fused-ring (bicyclic) bond motifs is 2. The number of rotatable bonds is 4. The largest absolute Gasteiger partial charge is 0.308 e. The van der Waals surface area contributed by atoms with Gasteiger partial charge < -0.3 is 5.32 Å². The number of benzene rings is 1. The van der Waals surface area contributed by atoms with Gasteiger partial charge in [-0.05, 0) is 56.4 Å². The van der Waals surface area contributed by atoms with E-state index in [0.29, 0.717) is 11.5 Å². The minimum atomic E-state index is -0.752. The molecular weight excluding hydrogens is 390 g/mol. The fourth-order valence-corrected chi connectivity index (χ4v) is 4.09. The molecule has 5 rings (SSSR count). The van der Waals surface area contributed by atoms with Crippen LogP contribution in [0, 0.1) is 6.92 Å². The van der Waals surface area contributed by atoms with Gasteiger partial charge in [-0.25, -0.2) is 9.67 Å². The molecule has 0 saturated heterocycles. The van der Waals surface area contributed by atoms with Gasteiger partial charge in [-0.3, -0.25) is 14.0 Å². The number of carbonyl (C=O) groups excluding carboxylic acids is 1. The van der Waals surface area contributed by atoms with Crippen molar-refractivity contribution in [1.82, 2.24) is 19.2 Å². The first-order valence-electron chi connectivity index (χ1n) is 10.5. The first kappa shape index (κ1) is 19.2. The van der Waals surface area contributed by atoms with Crippen LogP contribution >= 0.6 is 0 Å². The van der Waals surface area contributed by atoms with Gasteiger partial charge in [-0.2, -0.15) is 5.10 Å². The van der Waals surface area contributed by atoms with Crippen molar-refractivity contribution in [2.24, 2.45) is 0 Å². The third-order valence-electron chi connectivity index (χ3n) is 5.80. The van der Waals surface area contributed by atoms with Gasteiger partial charge in [0.25, 0.3) is 5.56 Å². The van der Waals surface area contributed by atoms with E-state index in [2.05, 4.69) is 10.4 Å². The highest BCUT2D eigenvalue weighted by Gasteiger charge is 2.24. The Morgan fingerprint density at radius 1 is 1.13 bits per heavy atom. The molecule has 0 aliphatic heterocycles. The van der Waals surface area contributed by atoms with Crippen molar-refractivity contribution >= 4 is 17.4 Å². The van der Waals surface area contributed by atoms with Crippen molar-refractivity contribution in [3.8, 4) is 11.3 Å². The molecular formula is C24H23N5O2. The van der Waals surface area contributed by atoms with Crippen LogP contribution in [-0.4, -0.2) is 25.1 Å². The first-order valence-corrected chi connectivity index (χ1v) is 10.5. The van der Waals surface area contributed by atoms with Gasteiger partial charge in [-0.15, -0.1) is 0 Å². The minimum absolute atomic E-state index is 0.250. The standard InChI is InChI=1S/C24H23N5O2/c1-15-11-12-28-20(13-15)25-22(17-7-4-3-5-8-17)23(28)26-24(31)16(2)29-21(30)14-18-9-6-10-19(18)27-29/h3-5,7-8,11-14,16H,6,9-10H2,1-2H3,(H,26,31). The van der Waals surface area contributed by atoms with Gasteiger partial charge in [0.05, 0.1) is 5.69 Å². The lowest BCUT2D eigenvalue weighted by Gasteiger charge is -2.16. The molecule has 0 bridgehead atoms. The zero-order valence-electron chi connectivity index (χ0n) is 17.5. The molecule has 1 aliphatic carbocycles. The summed E-state index contributed by atoms with van der Waals surface area (Å²) in [4.78, 5) is 30.5. The molecule has 1 N–H and O–H groups in total. The molecule has 31 heavy (non-hydrogen) atoms. The van der Waals surface area contributed by atoms with Crippen molar-refractivity contribution < 1.29 is 4.79 Å². The van der Waals surface area contributed by atoms with Crippen molar-refractivity contribution in [2.75, 3.05) is 5.32 Å². The van der Waals surface area contributed by atoms with Gasteiger partial charge in [0.1, 0.15) is 23.2 Å². The molecule has 3 heterocycles. The second-order valence-electron chi connectivity index (χ2n) is 8.03. The number of aryl methyl sites for hydroxylation is 3. The Morgan fingerprint density at radius 2 is 1.94 bits per heavy atom. The highest BCUT2D eigenvalue weighted by molar-refractivity contribution is 5.96. The summed E-state index contributed by atoms with van der Waals surface area (Å²) >= 11 is 0. The highest BCUT2D eigenvalue weighted by Crippen LogP contribution is 2.29. The quantitative estimate of drug-likeness (QED) is 0.555. The second-order valence-corrected chi connectivity index (χ2v) is 8.03. The summed E-state index contributed by atoms with van der Waals surface area (Å²) in [6, 6.07) is 14.5. The number of carbonyl (C=O) groups is 1. The van der Waals surface area contributed by atoms with Crippen molar-refractivity contribution in [3.63, 3.8) is 0 Å². The molecule has 1 amide bonds. The molecule has 0 radical (unpaired) electrons. The van der Waals surface area contributed by atoms with E-state index >= 15 is 0 Å². The molecule has 1 aromatic carbocycles. The van der Waals surface area contributed by atoms with Crippen LogP contribution in [0.4, 0.5) is 5.82 Å². The predicted molar refractivity (Wildman–Crippen MR) is 119 cm³/mol. The monoisotopic (exact) mass is 413 g/mol. The molecule has 3 aromatic heterocycles. The third kappa shape index (κ3) is 3.42. The second kappa shape index (κ2) is 7.50. The smallest absolute Gasteiger partial charge is 0.267 e. The van der Waals surface area contributed by atoms with Crippen molar-refractivity contribution in [2.45, 2.75) is 39.2 Å². The van der Waals surface area contributed by atoms with Crippen LogP contribution in [0.25, 0.3) is 16.9 Å². The summed E-state index contributed by atoms with van der Waals surface area (Å²) in [5, 5.41) is 7.48. The lowest BCUT2D eigenvalue weighted by atomic mass is 10.1. The first-order chi connectivity index (χ1) is 15.0. The number of amides is 1. The van der Waals surface area contributed by atoms with Crippen LogP contribution in [0.15, 0.2) is 59.5 Å². The van der Waals surface area contributed by atoms with Gasteiger partial charge in [-0.1, -0.05) is 30.3 Å². The van der Waals surface area contributed by atoms with E-state index in [1.165, 1.54) is 4.68 Å². The fraction of sp³-hybridized carbons (Fsp3) is 0.250. The van der Waals surface area contributed by atoms with Crippen molar-refractivity contribution in [1.29, 1.82) is 0 Å². The zero-order valence-corrected chi connectivity index (χ0v) is 17.5. The normalized spacial score (nSPS) is 13.9. The lowest BCUT2D eigenvalue weighted by molar-refractivity contribution is -0.119. The topological polar surface area (TPSA) is 81.3 Å².